The molecule has 1 aromatic carbocycles. The number of alkyl carbamates (subject to hydrolysis) is 1. The SMILES string of the molecule is CCOC(=O)COC1CCN(C(=O)[C@H](C)NC(=O)OCc2ccccc2)CC1. The molecule has 1 aliphatic heterocycles. The highest BCUT2D eigenvalue weighted by molar-refractivity contribution is 5.85. The molecule has 1 atom stereocenters. The third-order valence-corrected chi connectivity index (χ3v) is 4.41. The number of hydrogen-bond donors (Lipinski definition) is 1. The lowest BCUT2D eigenvalue weighted by Gasteiger charge is -2.33. The smallest absolute Gasteiger partial charge is 0.408 e. The van der Waals surface area contributed by atoms with E-state index in [4.69, 9.17) is 14.2 Å². The number of likely N-dealkylation sites (tertiary alicyclic amines) is 1. The summed E-state index contributed by atoms with van der Waals surface area (Å²) in [5, 5.41) is 2.57. The molecule has 8 nitrogen and oxygen atoms in total. The molecule has 1 fully saturated rings. The molecule has 0 spiro atoms. The Morgan fingerprint density at radius 3 is 2.46 bits per heavy atom. The lowest BCUT2D eigenvalue weighted by molar-refractivity contribution is -0.152. The van der Waals surface area contributed by atoms with Gasteiger partial charge in [-0.25, -0.2) is 9.59 Å². The summed E-state index contributed by atoms with van der Waals surface area (Å²) in [5.41, 5.74) is 0.876. The molecule has 0 aromatic heterocycles. The molecule has 0 unspecified atom stereocenters. The maximum atomic E-state index is 12.5. The van der Waals surface area contributed by atoms with Gasteiger partial charge in [0.25, 0.3) is 0 Å². The molecule has 0 bridgehead atoms. The van der Waals surface area contributed by atoms with Gasteiger partial charge in [0.2, 0.25) is 5.91 Å². The van der Waals surface area contributed by atoms with Crippen LogP contribution < -0.4 is 5.32 Å². The second-order valence-corrected chi connectivity index (χ2v) is 6.57. The molecule has 8 heteroatoms. The van der Waals surface area contributed by atoms with Gasteiger partial charge in [0.1, 0.15) is 19.3 Å². The van der Waals surface area contributed by atoms with E-state index in [0.29, 0.717) is 32.5 Å². The maximum absolute atomic E-state index is 12.5. The highest BCUT2D eigenvalue weighted by Gasteiger charge is 2.27. The van der Waals surface area contributed by atoms with E-state index in [2.05, 4.69) is 5.32 Å². The van der Waals surface area contributed by atoms with E-state index in [1.54, 1.807) is 18.7 Å². The summed E-state index contributed by atoms with van der Waals surface area (Å²) in [6.45, 7) is 4.81. The molecule has 0 saturated carbocycles. The van der Waals surface area contributed by atoms with Crippen molar-refractivity contribution < 1.29 is 28.6 Å². The minimum absolute atomic E-state index is 0.0718. The average Bonchev–Trinajstić information content (AvgIpc) is 2.71. The van der Waals surface area contributed by atoms with Crippen LogP contribution in [0, 0.1) is 0 Å². The lowest BCUT2D eigenvalue weighted by atomic mass is 10.1. The Balaban J connectivity index is 1.67. The minimum atomic E-state index is -0.680. The van der Waals surface area contributed by atoms with Crippen LogP contribution in [0.4, 0.5) is 4.79 Å². The summed E-state index contributed by atoms with van der Waals surface area (Å²) in [5.74, 6) is -0.548. The number of rotatable bonds is 8. The van der Waals surface area contributed by atoms with Crippen LogP contribution in [0.3, 0.4) is 0 Å². The van der Waals surface area contributed by atoms with Crippen LogP contribution in [0.2, 0.25) is 0 Å². The molecule has 0 radical (unpaired) electrons. The predicted molar refractivity (Wildman–Crippen MR) is 101 cm³/mol. The number of carbonyl (C=O) groups excluding carboxylic acids is 3. The molecule has 2 amide bonds. The van der Waals surface area contributed by atoms with E-state index in [1.165, 1.54) is 0 Å². The van der Waals surface area contributed by atoms with Crippen molar-refractivity contribution >= 4 is 18.0 Å². The monoisotopic (exact) mass is 392 g/mol. The number of carbonyl (C=O) groups is 3. The average molecular weight is 392 g/mol. The molecule has 1 saturated heterocycles. The largest absolute Gasteiger partial charge is 0.464 e. The molecule has 1 aliphatic rings. The van der Waals surface area contributed by atoms with E-state index in [1.807, 2.05) is 30.3 Å². The fourth-order valence-electron chi connectivity index (χ4n) is 2.91. The number of amides is 2. The molecule has 0 aliphatic carbocycles. The van der Waals surface area contributed by atoms with Gasteiger partial charge in [0.15, 0.2) is 0 Å². The fourth-order valence-corrected chi connectivity index (χ4v) is 2.91. The summed E-state index contributed by atoms with van der Waals surface area (Å²) in [6, 6.07) is 8.65. The first-order chi connectivity index (χ1) is 13.5. The van der Waals surface area contributed by atoms with Crippen LogP contribution in [-0.2, 0) is 30.4 Å². The highest BCUT2D eigenvalue weighted by atomic mass is 16.6. The first kappa shape index (κ1) is 21.7. The maximum Gasteiger partial charge on any atom is 0.408 e. The Hall–Kier alpha value is -2.61. The Morgan fingerprint density at radius 2 is 1.82 bits per heavy atom. The van der Waals surface area contributed by atoms with Crippen molar-refractivity contribution in [3.05, 3.63) is 35.9 Å². The van der Waals surface area contributed by atoms with E-state index in [0.717, 1.165) is 5.56 Å². The zero-order chi connectivity index (χ0) is 20.4. The highest BCUT2D eigenvalue weighted by Crippen LogP contribution is 2.15. The summed E-state index contributed by atoms with van der Waals surface area (Å²) in [4.78, 5) is 37.4. The van der Waals surface area contributed by atoms with Crippen LogP contribution in [0.5, 0.6) is 0 Å². The van der Waals surface area contributed by atoms with E-state index < -0.39 is 12.1 Å². The van der Waals surface area contributed by atoms with Crippen molar-refractivity contribution in [2.45, 2.75) is 45.4 Å². The van der Waals surface area contributed by atoms with E-state index in [-0.39, 0.29) is 31.2 Å². The summed E-state index contributed by atoms with van der Waals surface area (Å²) in [6.07, 6.45) is 0.567. The molecule has 28 heavy (non-hydrogen) atoms. The zero-order valence-electron chi connectivity index (χ0n) is 16.4. The minimum Gasteiger partial charge on any atom is -0.464 e. The van der Waals surface area contributed by atoms with Gasteiger partial charge in [-0.2, -0.15) is 0 Å². The molecular weight excluding hydrogens is 364 g/mol. The van der Waals surface area contributed by atoms with Crippen molar-refractivity contribution in [1.29, 1.82) is 0 Å². The quantitative estimate of drug-likeness (QED) is 0.679. The van der Waals surface area contributed by atoms with Crippen LogP contribution in [0.15, 0.2) is 30.3 Å². The van der Waals surface area contributed by atoms with Crippen molar-refractivity contribution in [2.75, 3.05) is 26.3 Å². The fraction of sp³-hybridized carbons (Fsp3) is 0.550. The van der Waals surface area contributed by atoms with Gasteiger partial charge in [-0.05, 0) is 32.3 Å². The second-order valence-electron chi connectivity index (χ2n) is 6.57. The number of esters is 1. The van der Waals surface area contributed by atoms with E-state index in [9.17, 15) is 14.4 Å². The van der Waals surface area contributed by atoms with Gasteiger partial charge < -0.3 is 24.4 Å². The normalized spacial score (nSPS) is 15.6. The van der Waals surface area contributed by atoms with Gasteiger partial charge in [-0.1, -0.05) is 30.3 Å². The van der Waals surface area contributed by atoms with Crippen LogP contribution >= 0.6 is 0 Å². The van der Waals surface area contributed by atoms with Crippen LogP contribution in [0.1, 0.15) is 32.3 Å². The predicted octanol–water partition coefficient (Wildman–Crippen LogP) is 1.87. The van der Waals surface area contributed by atoms with Crippen molar-refractivity contribution in [1.82, 2.24) is 10.2 Å². The molecule has 1 N–H and O–H groups in total. The summed E-state index contributed by atoms with van der Waals surface area (Å²) < 4.78 is 15.5. The number of nitrogens with one attached hydrogen (secondary N) is 1. The van der Waals surface area contributed by atoms with E-state index >= 15 is 0 Å². The molecule has 1 heterocycles. The Bertz CT molecular complexity index is 643. The molecule has 154 valence electrons. The van der Waals surface area contributed by atoms with Gasteiger partial charge in [-0.15, -0.1) is 0 Å². The third-order valence-electron chi connectivity index (χ3n) is 4.41. The van der Waals surface area contributed by atoms with Gasteiger partial charge in [0.05, 0.1) is 12.7 Å². The lowest BCUT2D eigenvalue weighted by Crippen LogP contribution is -2.50. The number of nitrogens with zero attached hydrogens (tertiary/aromatic N) is 1. The van der Waals surface area contributed by atoms with Crippen LogP contribution in [-0.4, -0.2) is 61.3 Å². The third kappa shape index (κ3) is 7.19. The van der Waals surface area contributed by atoms with Crippen molar-refractivity contribution in [3.8, 4) is 0 Å². The number of ether oxygens (including phenoxy) is 3. The zero-order valence-corrected chi connectivity index (χ0v) is 16.4. The summed E-state index contributed by atoms with van der Waals surface area (Å²) in [7, 11) is 0. The van der Waals surface area contributed by atoms with Gasteiger partial charge in [0, 0.05) is 13.1 Å². The molecular formula is C20H28N2O6. The number of benzene rings is 1. The van der Waals surface area contributed by atoms with Crippen molar-refractivity contribution in [2.24, 2.45) is 0 Å². The first-order valence-electron chi connectivity index (χ1n) is 9.52. The Kier molecular flexibility index (Phi) is 8.74. The second kappa shape index (κ2) is 11.3. The first-order valence-corrected chi connectivity index (χ1v) is 9.52. The number of piperidine rings is 1. The molecule has 1 aromatic rings. The van der Waals surface area contributed by atoms with Gasteiger partial charge in [-0.3, -0.25) is 4.79 Å². The van der Waals surface area contributed by atoms with Crippen molar-refractivity contribution in [3.63, 3.8) is 0 Å². The summed E-state index contributed by atoms with van der Waals surface area (Å²) >= 11 is 0. The Morgan fingerprint density at radius 1 is 1.14 bits per heavy atom. The Labute approximate surface area is 165 Å². The van der Waals surface area contributed by atoms with Crippen LogP contribution in [0.25, 0.3) is 0 Å². The number of hydrogen-bond acceptors (Lipinski definition) is 6. The van der Waals surface area contributed by atoms with Gasteiger partial charge >= 0.3 is 12.1 Å². The standard InChI is InChI=1S/C20H28N2O6/c1-3-26-18(23)14-27-17-9-11-22(12-10-17)19(24)15(2)21-20(25)28-13-16-7-5-4-6-8-16/h4-8,15,17H,3,9-14H2,1-2H3,(H,21,25)/t15-/m0/s1. The topological polar surface area (TPSA) is 94.2 Å². The molecule has 2 rings (SSSR count).